The van der Waals surface area contributed by atoms with Crippen LogP contribution in [0.4, 0.5) is 0 Å². The van der Waals surface area contributed by atoms with Crippen molar-refractivity contribution < 1.29 is 4.74 Å². The summed E-state index contributed by atoms with van der Waals surface area (Å²) in [5, 5.41) is 0.764. The molecule has 168 valence electrons. The maximum absolute atomic E-state index is 6.14. The summed E-state index contributed by atoms with van der Waals surface area (Å²) in [5.74, 6) is 1.64. The van der Waals surface area contributed by atoms with Crippen molar-refractivity contribution in [3.8, 4) is 5.75 Å². The van der Waals surface area contributed by atoms with Crippen LogP contribution in [0.15, 0.2) is 79.0 Å². The molecule has 0 spiro atoms. The van der Waals surface area contributed by atoms with Crippen LogP contribution in [0.5, 0.6) is 5.75 Å². The van der Waals surface area contributed by atoms with Gasteiger partial charge in [0.25, 0.3) is 0 Å². The van der Waals surface area contributed by atoms with Crippen LogP contribution >= 0.6 is 11.6 Å². The number of benzene rings is 2. The molecule has 1 aliphatic heterocycles. The second-order valence-corrected chi connectivity index (χ2v) is 9.03. The monoisotopic (exact) mass is 449 g/mol. The van der Waals surface area contributed by atoms with Gasteiger partial charge >= 0.3 is 0 Å². The molecule has 0 saturated carbocycles. The molecule has 4 rings (SSSR count). The van der Waals surface area contributed by atoms with Crippen LogP contribution in [0.3, 0.4) is 0 Å². The first kappa shape index (κ1) is 22.8. The van der Waals surface area contributed by atoms with Crippen molar-refractivity contribution in [1.82, 2.24) is 14.8 Å². The zero-order valence-electron chi connectivity index (χ0n) is 18.7. The Morgan fingerprint density at radius 1 is 1.00 bits per heavy atom. The fourth-order valence-electron chi connectivity index (χ4n) is 4.55. The first-order valence-corrected chi connectivity index (χ1v) is 11.8. The first-order valence-electron chi connectivity index (χ1n) is 11.5. The SMILES string of the molecule is CN(CC1CCN(CCOc2ccccc2)CC1)[C@@H](c1ccc(Cl)cc1)c1ccccn1. The molecule has 0 aliphatic carbocycles. The normalized spacial score (nSPS) is 16.2. The summed E-state index contributed by atoms with van der Waals surface area (Å²) in [4.78, 5) is 9.64. The van der Waals surface area contributed by atoms with Gasteiger partial charge in [0.05, 0.1) is 11.7 Å². The number of ether oxygens (including phenoxy) is 1. The van der Waals surface area contributed by atoms with Crippen molar-refractivity contribution in [3.63, 3.8) is 0 Å². The molecule has 2 heterocycles. The molecule has 1 saturated heterocycles. The number of rotatable bonds is 9. The van der Waals surface area contributed by atoms with Gasteiger partial charge in [0.1, 0.15) is 12.4 Å². The van der Waals surface area contributed by atoms with E-state index in [2.05, 4.69) is 46.1 Å². The van der Waals surface area contributed by atoms with E-state index in [0.29, 0.717) is 5.92 Å². The molecule has 0 amide bonds. The third-order valence-electron chi connectivity index (χ3n) is 6.27. The van der Waals surface area contributed by atoms with Crippen molar-refractivity contribution in [2.75, 3.05) is 39.8 Å². The first-order chi connectivity index (χ1) is 15.7. The minimum atomic E-state index is 0.130. The number of piperidine rings is 1. The van der Waals surface area contributed by atoms with Gasteiger partial charge in [-0.1, -0.05) is 48.0 Å². The Morgan fingerprint density at radius 2 is 1.72 bits per heavy atom. The third-order valence-corrected chi connectivity index (χ3v) is 6.52. The van der Waals surface area contributed by atoms with E-state index in [1.165, 1.54) is 18.4 Å². The zero-order valence-corrected chi connectivity index (χ0v) is 19.5. The van der Waals surface area contributed by atoms with Crippen LogP contribution in [0.25, 0.3) is 0 Å². The highest BCUT2D eigenvalue weighted by molar-refractivity contribution is 6.30. The van der Waals surface area contributed by atoms with Gasteiger partial charge in [-0.2, -0.15) is 0 Å². The second kappa shape index (κ2) is 11.5. The highest BCUT2D eigenvalue weighted by Crippen LogP contribution is 2.29. The van der Waals surface area contributed by atoms with Gasteiger partial charge in [-0.15, -0.1) is 0 Å². The molecule has 1 fully saturated rings. The minimum absolute atomic E-state index is 0.130. The summed E-state index contributed by atoms with van der Waals surface area (Å²) in [6.07, 6.45) is 4.30. The van der Waals surface area contributed by atoms with Gasteiger partial charge < -0.3 is 4.74 Å². The Bertz CT molecular complexity index is 928. The fourth-order valence-corrected chi connectivity index (χ4v) is 4.67. The summed E-state index contributed by atoms with van der Waals surface area (Å²) in [6.45, 7) is 5.04. The number of para-hydroxylation sites is 1. The molecule has 1 aromatic heterocycles. The van der Waals surface area contributed by atoms with Crippen LogP contribution in [0, 0.1) is 5.92 Å². The Kier molecular flexibility index (Phi) is 8.16. The van der Waals surface area contributed by atoms with Crippen LogP contribution in [-0.4, -0.2) is 54.6 Å². The number of likely N-dealkylation sites (tertiary alicyclic amines) is 1. The van der Waals surface area contributed by atoms with Gasteiger partial charge in [0, 0.05) is 24.3 Å². The molecule has 1 atom stereocenters. The van der Waals surface area contributed by atoms with Crippen molar-refractivity contribution in [3.05, 3.63) is 95.3 Å². The molecule has 1 aliphatic rings. The summed E-state index contributed by atoms with van der Waals surface area (Å²) in [7, 11) is 2.22. The molecule has 0 radical (unpaired) electrons. The van der Waals surface area contributed by atoms with Crippen molar-refractivity contribution >= 4 is 11.6 Å². The molecule has 0 unspecified atom stereocenters. The van der Waals surface area contributed by atoms with Gasteiger partial charge in [-0.05, 0) is 80.9 Å². The molecule has 4 nitrogen and oxygen atoms in total. The zero-order chi connectivity index (χ0) is 22.2. The average molecular weight is 450 g/mol. The standard InChI is InChI=1S/C27H32ClN3O/c1-30(27(26-9-5-6-16-29-26)23-10-12-24(28)13-11-23)21-22-14-17-31(18-15-22)19-20-32-25-7-3-2-4-8-25/h2-13,16,22,27H,14-15,17-21H2,1H3/t27-/m0/s1. The molecule has 5 heteroatoms. The topological polar surface area (TPSA) is 28.6 Å². The number of hydrogen-bond acceptors (Lipinski definition) is 4. The van der Waals surface area contributed by atoms with Gasteiger partial charge in [-0.25, -0.2) is 0 Å². The van der Waals surface area contributed by atoms with E-state index < -0.39 is 0 Å². The van der Waals surface area contributed by atoms with Crippen molar-refractivity contribution in [1.29, 1.82) is 0 Å². The maximum Gasteiger partial charge on any atom is 0.119 e. The number of aromatic nitrogens is 1. The van der Waals surface area contributed by atoms with Crippen LogP contribution < -0.4 is 4.74 Å². The molecule has 0 N–H and O–H groups in total. The van der Waals surface area contributed by atoms with Gasteiger partial charge in [0.2, 0.25) is 0 Å². The maximum atomic E-state index is 6.14. The van der Waals surface area contributed by atoms with Crippen molar-refractivity contribution in [2.24, 2.45) is 5.92 Å². The predicted molar refractivity (Wildman–Crippen MR) is 131 cm³/mol. The summed E-state index contributed by atoms with van der Waals surface area (Å²) >= 11 is 6.14. The van der Waals surface area contributed by atoms with Crippen LogP contribution in [0.2, 0.25) is 5.02 Å². The second-order valence-electron chi connectivity index (χ2n) is 8.59. The lowest BCUT2D eigenvalue weighted by molar-refractivity contribution is 0.127. The quantitative estimate of drug-likeness (QED) is 0.428. The summed E-state index contributed by atoms with van der Waals surface area (Å²) in [6, 6.07) is 24.5. The van der Waals surface area contributed by atoms with E-state index in [1.807, 2.05) is 54.7 Å². The van der Waals surface area contributed by atoms with Crippen LogP contribution in [0.1, 0.15) is 30.1 Å². The molecule has 3 aromatic rings. The molecule has 32 heavy (non-hydrogen) atoms. The van der Waals surface area contributed by atoms with E-state index in [4.69, 9.17) is 16.3 Å². The highest BCUT2D eigenvalue weighted by Gasteiger charge is 2.25. The lowest BCUT2D eigenvalue weighted by Gasteiger charge is -2.36. The third kappa shape index (κ3) is 6.32. The lowest BCUT2D eigenvalue weighted by atomic mass is 9.94. The van der Waals surface area contributed by atoms with E-state index >= 15 is 0 Å². The van der Waals surface area contributed by atoms with Crippen LogP contribution in [-0.2, 0) is 0 Å². The Labute approximate surface area is 196 Å². The largest absolute Gasteiger partial charge is 0.492 e. The number of halogens is 1. The summed E-state index contributed by atoms with van der Waals surface area (Å²) in [5.41, 5.74) is 2.30. The van der Waals surface area contributed by atoms with E-state index in [9.17, 15) is 0 Å². The number of pyridine rings is 1. The molecular weight excluding hydrogens is 418 g/mol. The fraction of sp³-hybridized carbons (Fsp3) is 0.370. The molecular formula is C27H32ClN3O. The molecule has 0 bridgehead atoms. The Hall–Kier alpha value is -2.40. The predicted octanol–water partition coefficient (Wildman–Crippen LogP) is 5.55. The smallest absolute Gasteiger partial charge is 0.119 e. The van der Waals surface area contributed by atoms with Gasteiger partial charge in [0.15, 0.2) is 0 Å². The Morgan fingerprint density at radius 3 is 2.41 bits per heavy atom. The lowest BCUT2D eigenvalue weighted by Crippen LogP contribution is -2.40. The Balaban J connectivity index is 1.30. The summed E-state index contributed by atoms with van der Waals surface area (Å²) < 4.78 is 5.87. The van der Waals surface area contributed by atoms with Crippen molar-refractivity contribution in [2.45, 2.75) is 18.9 Å². The molecule has 2 aromatic carbocycles. The van der Waals surface area contributed by atoms with Gasteiger partial charge in [-0.3, -0.25) is 14.8 Å². The number of nitrogens with zero attached hydrogens (tertiary/aromatic N) is 3. The number of hydrogen-bond donors (Lipinski definition) is 0. The highest BCUT2D eigenvalue weighted by atomic mass is 35.5. The average Bonchev–Trinajstić information content (AvgIpc) is 2.83. The van der Waals surface area contributed by atoms with E-state index in [-0.39, 0.29) is 6.04 Å². The minimum Gasteiger partial charge on any atom is -0.492 e. The van der Waals surface area contributed by atoms with E-state index in [0.717, 1.165) is 49.3 Å². The van der Waals surface area contributed by atoms with E-state index in [1.54, 1.807) is 0 Å².